The lowest BCUT2D eigenvalue weighted by Crippen LogP contribution is -1.97. The summed E-state index contributed by atoms with van der Waals surface area (Å²) in [6.07, 6.45) is 0.714. The lowest BCUT2D eigenvalue weighted by Gasteiger charge is -1.99. The van der Waals surface area contributed by atoms with Gasteiger partial charge in [0.25, 0.3) is 0 Å². The normalized spacial score (nSPS) is 17.0. The predicted octanol–water partition coefficient (Wildman–Crippen LogP) is 1.20. The van der Waals surface area contributed by atoms with Gasteiger partial charge in [-0.3, -0.25) is 4.79 Å². The van der Waals surface area contributed by atoms with Crippen molar-refractivity contribution in [2.75, 3.05) is 6.61 Å². The van der Waals surface area contributed by atoms with Gasteiger partial charge >= 0.3 is 5.97 Å². The Kier molecular flexibility index (Phi) is 1.94. The van der Waals surface area contributed by atoms with E-state index in [2.05, 4.69) is 0 Å². The van der Waals surface area contributed by atoms with E-state index in [1.165, 1.54) is 6.92 Å². The molecule has 0 fully saturated rings. The first-order valence-electron chi connectivity index (χ1n) is 3.21. The summed E-state index contributed by atoms with van der Waals surface area (Å²) in [6.45, 7) is 3.82. The van der Waals surface area contributed by atoms with E-state index < -0.39 is 0 Å². The largest absolute Gasteiger partial charge is 0.494 e. The van der Waals surface area contributed by atoms with Gasteiger partial charge in [-0.05, 0) is 6.92 Å². The summed E-state index contributed by atoms with van der Waals surface area (Å²) >= 11 is 0. The van der Waals surface area contributed by atoms with Crippen molar-refractivity contribution in [1.82, 2.24) is 0 Å². The quantitative estimate of drug-likeness (QED) is 0.516. The minimum absolute atomic E-state index is 0.278. The third kappa shape index (κ3) is 1.50. The van der Waals surface area contributed by atoms with Crippen LogP contribution in [0, 0.1) is 0 Å². The van der Waals surface area contributed by atoms with Crippen molar-refractivity contribution in [3.63, 3.8) is 0 Å². The van der Waals surface area contributed by atoms with Crippen LogP contribution in [0.2, 0.25) is 0 Å². The number of esters is 1. The molecule has 0 bridgehead atoms. The van der Waals surface area contributed by atoms with Gasteiger partial charge in [-0.2, -0.15) is 0 Å². The maximum absolute atomic E-state index is 10.4. The third-order valence-corrected chi connectivity index (χ3v) is 1.31. The van der Waals surface area contributed by atoms with E-state index in [4.69, 9.17) is 9.47 Å². The molecule has 0 aromatic rings. The van der Waals surface area contributed by atoms with Crippen LogP contribution in [0.4, 0.5) is 0 Å². The topological polar surface area (TPSA) is 35.5 Å². The van der Waals surface area contributed by atoms with Gasteiger partial charge in [0.15, 0.2) is 0 Å². The minimum Gasteiger partial charge on any atom is -0.494 e. The summed E-state index contributed by atoms with van der Waals surface area (Å²) in [7, 11) is 0. The summed E-state index contributed by atoms with van der Waals surface area (Å²) in [4.78, 5) is 10.4. The number of allylic oxidation sites excluding steroid dienone is 1. The van der Waals surface area contributed by atoms with Crippen LogP contribution in [-0.4, -0.2) is 12.6 Å². The zero-order chi connectivity index (χ0) is 7.56. The second kappa shape index (κ2) is 2.73. The van der Waals surface area contributed by atoms with Crippen molar-refractivity contribution in [2.45, 2.75) is 20.3 Å². The summed E-state index contributed by atoms with van der Waals surface area (Å²) in [6, 6.07) is 0. The Hall–Kier alpha value is -0.990. The maximum atomic E-state index is 10.4. The smallest absolute Gasteiger partial charge is 0.307 e. The van der Waals surface area contributed by atoms with E-state index in [1.807, 2.05) is 0 Å². The number of carbonyl (C=O) groups excluding carboxylic acids is 1. The molecule has 0 spiro atoms. The van der Waals surface area contributed by atoms with Crippen molar-refractivity contribution >= 4 is 5.97 Å². The van der Waals surface area contributed by atoms with Gasteiger partial charge < -0.3 is 9.47 Å². The molecule has 1 rings (SSSR count). The highest BCUT2D eigenvalue weighted by atomic mass is 16.6. The lowest BCUT2D eigenvalue weighted by atomic mass is 10.4. The molecule has 0 N–H and O–H groups in total. The molecule has 0 radical (unpaired) electrons. The van der Waals surface area contributed by atoms with Gasteiger partial charge in [0.05, 0.1) is 6.61 Å². The highest BCUT2D eigenvalue weighted by Crippen LogP contribution is 2.19. The van der Waals surface area contributed by atoms with E-state index in [9.17, 15) is 4.79 Å². The van der Waals surface area contributed by atoms with Gasteiger partial charge in [-0.25, -0.2) is 0 Å². The van der Waals surface area contributed by atoms with E-state index in [-0.39, 0.29) is 5.97 Å². The number of rotatable bonds is 1. The van der Waals surface area contributed by atoms with Crippen molar-refractivity contribution in [3.05, 3.63) is 11.5 Å². The van der Waals surface area contributed by atoms with Crippen LogP contribution in [0.3, 0.4) is 0 Å². The molecular weight excluding hydrogens is 132 g/mol. The van der Waals surface area contributed by atoms with Crippen LogP contribution < -0.4 is 0 Å². The highest BCUT2D eigenvalue weighted by molar-refractivity contribution is 5.67. The first-order valence-corrected chi connectivity index (χ1v) is 3.21. The molecular formula is C7H10O3. The third-order valence-electron chi connectivity index (χ3n) is 1.31. The highest BCUT2D eigenvalue weighted by Gasteiger charge is 2.14. The lowest BCUT2D eigenvalue weighted by molar-refractivity contribution is -0.137. The molecule has 0 saturated carbocycles. The molecule has 1 aliphatic heterocycles. The fraction of sp³-hybridized carbons (Fsp3) is 0.571. The number of hydrogen-bond donors (Lipinski definition) is 0. The van der Waals surface area contributed by atoms with Gasteiger partial charge in [-0.1, -0.05) is 0 Å². The van der Waals surface area contributed by atoms with Crippen LogP contribution in [0.15, 0.2) is 11.5 Å². The second-order valence-electron chi connectivity index (χ2n) is 2.17. The molecule has 56 valence electrons. The Morgan fingerprint density at radius 3 is 2.80 bits per heavy atom. The van der Waals surface area contributed by atoms with Gasteiger partial charge in [0.2, 0.25) is 0 Å². The molecule has 0 unspecified atom stereocenters. The SMILES string of the molecule is CC(=O)OC1=C(C)OCC1. The molecule has 0 amide bonds. The van der Waals surface area contributed by atoms with Crippen LogP contribution in [0.1, 0.15) is 20.3 Å². The fourth-order valence-electron chi connectivity index (χ4n) is 0.850. The molecule has 0 saturated heterocycles. The van der Waals surface area contributed by atoms with Crippen LogP contribution in [0.25, 0.3) is 0 Å². The standard InChI is InChI=1S/C7H10O3/c1-5-7(3-4-9-5)10-6(2)8/h3-4H2,1-2H3. The average molecular weight is 142 g/mol. The van der Waals surface area contributed by atoms with E-state index >= 15 is 0 Å². The second-order valence-corrected chi connectivity index (χ2v) is 2.17. The van der Waals surface area contributed by atoms with Crippen molar-refractivity contribution in [2.24, 2.45) is 0 Å². The molecule has 3 nitrogen and oxygen atoms in total. The number of ether oxygens (including phenoxy) is 2. The Balaban J connectivity index is 2.54. The Labute approximate surface area is 59.6 Å². The van der Waals surface area contributed by atoms with Crippen LogP contribution >= 0.6 is 0 Å². The Morgan fingerprint density at radius 1 is 1.70 bits per heavy atom. The maximum Gasteiger partial charge on any atom is 0.307 e. The van der Waals surface area contributed by atoms with Gasteiger partial charge in [0, 0.05) is 13.3 Å². The van der Waals surface area contributed by atoms with Crippen molar-refractivity contribution in [3.8, 4) is 0 Å². The zero-order valence-electron chi connectivity index (χ0n) is 6.14. The van der Waals surface area contributed by atoms with Gasteiger partial charge in [-0.15, -0.1) is 0 Å². The molecule has 0 aromatic heterocycles. The van der Waals surface area contributed by atoms with Gasteiger partial charge in [0.1, 0.15) is 11.5 Å². The summed E-state index contributed by atoms with van der Waals surface area (Å²) < 4.78 is 9.91. The monoisotopic (exact) mass is 142 g/mol. The zero-order valence-corrected chi connectivity index (χ0v) is 6.14. The van der Waals surface area contributed by atoms with Crippen molar-refractivity contribution < 1.29 is 14.3 Å². The predicted molar refractivity (Wildman–Crippen MR) is 35.0 cm³/mol. The van der Waals surface area contributed by atoms with Crippen LogP contribution in [0.5, 0.6) is 0 Å². The Bertz CT molecular complexity index is 181. The molecule has 0 aliphatic carbocycles. The molecule has 3 heteroatoms. The number of carbonyl (C=O) groups is 1. The molecule has 1 heterocycles. The fourth-order valence-corrected chi connectivity index (χ4v) is 0.850. The van der Waals surface area contributed by atoms with Crippen molar-refractivity contribution in [1.29, 1.82) is 0 Å². The number of hydrogen-bond acceptors (Lipinski definition) is 3. The Morgan fingerprint density at radius 2 is 2.40 bits per heavy atom. The molecule has 0 atom stereocenters. The molecule has 0 aromatic carbocycles. The first-order chi connectivity index (χ1) is 4.70. The molecule has 10 heavy (non-hydrogen) atoms. The van der Waals surface area contributed by atoms with E-state index in [0.29, 0.717) is 18.8 Å². The average Bonchev–Trinajstić information content (AvgIpc) is 2.15. The minimum atomic E-state index is -0.278. The van der Waals surface area contributed by atoms with E-state index in [0.717, 1.165) is 5.76 Å². The summed E-state index contributed by atoms with van der Waals surface area (Å²) in [5.41, 5.74) is 0. The molecule has 1 aliphatic rings. The summed E-state index contributed by atoms with van der Waals surface area (Å²) in [5.74, 6) is 1.13. The summed E-state index contributed by atoms with van der Waals surface area (Å²) in [5, 5.41) is 0. The van der Waals surface area contributed by atoms with E-state index in [1.54, 1.807) is 6.92 Å². The first kappa shape index (κ1) is 7.12. The van der Waals surface area contributed by atoms with Crippen LogP contribution in [-0.2, 0) is 14.3 Å².